The van der Waals surface area contributed by atoms with Crippen molar-refractivity contribution in [1.29, 1.82) is 0 Å². The summed E-state index contributed by atoms with van der Waals surface area (Å²) in [6.45, 7) is 9.20. The van der Waals surface area contributed by atoms with Gasteiger partial charge in [0, 0.05) is 6.10 Å². The lowest BCUT2D eigenvalue weighted by Crippen LogP contribution is -2.25. The Balaban J connectivity index is 4.18. The zero-order valence-electron chi connectivity index (χ0n) is 15.0. The zero-order chi connectivity index (χ0) is 15.6. The molecular weight excluding hydrogens is 264 g/mol. The molecule has 0 N–H and O–H groups in total. The van der Waals surface area contributed by atoms with Gasteiger partial charge in [0.1, 0.15) is 0 Å². The van der Waals surface area contributed by atoms with E-state index in [1.807, 2.05) is 0 Å². The monoisotopic (exact) mass is 302 g/mol. The highest BCUT2D eigenvalue weighted by Crippen LogP contribution is 2.33. The Hall–Kier alpha value is 0.0969. The first kappa shape index (κ1) is 20.1. The Morgan fingerprint density at radius 1 is 0.950 bits per heavy atom. The molecule has 20 heavy (non-hydrogen) atoms. The SMILES string of the molecule is CC(C)O[SiH2]CC(C)(CCCN(C)C)CCCN(C)C. The molecule has 0 atom stereocenters. The van der Waals surface area contributed by atoms with Crippen LogP contribution >= 0.6 is 0 Å². The van der Waals surface area contributed by atoms with Crippen molar-refractivity contribution in [3.05, 3.63) is 0 Å². The molecule has 0 rings (SSSR count). The van der Waals surface area contributed by atoms with Crippen LogP contribution in [0.4, 0.5) is 0 Å². The van der Waals surface area contributed by atoms with Crippen molar-refractivity contribution in [1.82, 2.24) is 9.80 Å². The van der Waals surface area contributed by atoms with E-state index in [9.17, 15) is 0 Å². The summed E-state index contributed by atoms with van der Waals surface area (Å²) in [5.74, 6) is 0. The number of rotatable bonds is 12. The van der Waals surface area contributed by atoms with Crippen LogP contribution < -0.4 is 0 Å². The van der Waals surface area contributed by atoms with Crippen molar-refractivity contribution >= 4 is 9.76 Å². The predicted molar refractivity (Wildman–Crippen MR) is 93.3 cm³/mol. The number of hydrogen-bond acceptors (Lipinski definition) is 3. The first-order valence-electron chi connectivity index (χ1n) is 8.16. The van der Waals surface area contributed by atoms with Crippen LogP contribution in [0.2, 0.25) is 6.04 Å². The molecule has 0 aliphatic carbocycles. The van der Waals surface area contributed by atoms with E-state index >= 15 is 0 Å². The molecule has 0 aromatic carbocycles. The summed E-state index contributed by atoms with van der Waals surface area (Å²) in [4.78, 5) is 4.59. The molecule has 0 saturated carbocycles. The van der Waals surface area contributed by atoms with E-state index in [0.29, 0.717) is 11.5 Å². The van der Waals surface area contributed by atoms with Crippen LogP contribution in [0.5, 0.6) is 0 Å². The van der Waals surface area contributed by atoms with Gasteiger partial charge in [-0.25, -0.2) is 0 Å². The highest BCUT2D eigenvalue weighted by Gasteiger charge is 2.23. The highest BCUT2D eigenvalue weighted by molar-refractivity contribution is 6.27. The highest BCUT2D eigenvalue weighted by atomic mass is 28.2. The second-order valence-corrected chi connectivity index (χ2v) is 8.54. The Morgan fingerprint density at radius 2 is 1.40 bits per heavy atom. The van der Waals surface area contributed by atoms with Crippen molar-refractivity contribution in [2.24, 2.45) is 5.41 Å². The van der Waals surface area contributed by atoms with Crippen molar-refractivity contribution in [2.45, 2.75) is 58.6 Å². The van der Waals surface area contributed by atoms with Gasteiger partial charge >= 0.3 is 0 Å². The summed E-state index contributed by atoms with van der Waals surface area (Å²) in [7, 11) is 8.30. The molecule has 0 aromatic heterocycles. The third-order valence-electron chi connectivity index (χ3n) is 3.93. The summed E-state index contributed by atoms with van der Waals surface area (Å²) in [5.41, 5.74) is 0.493. The van der Waals surface area contributed by atoms with Gasteiger partial charge < -0.3 is 14.2 Å². The maximum atomic E-state index is 5.91. The molecule has 0 bridgehead atoms. The summed E-state index contributed by atoms with van der Waals surface area (Å²) in [5, 5.41) is 0. The van der Waals surface area contributed by atoms with Crippen LogP contribution in [0, 0.1) is 5.41 Å². The van der Waals surface area contributed by atoms with Gasteiger partial charge in [0.05, 0.1) is 0 Å². The van der Waals surface area contributed by atoms with Crippen molar-refractivity contribution in [2.75, 3.05) is 41.3 Å². The second-order valence-electron chi connectivity index (χ2n) is 7.29. The van der Waals surface area contributed by atoms with E-state index in [4.69, 9.17) is 4.43 Å². The van der Waals surface area contributed by atoms with Crippen LogP contribution in [0.1, 0.15) is 46.5 Å². The van der Waals surface area contributed by atoms with Crippen LogP contribution in [0.15, 0.2) is 0 Å². The van der Waals surface area contributed by atoms with Crippen molar-refractivity contribution in [3.8, 4) is 0 Å². The molecule has 3 nitrogen and oxygen atoms in total. The van der Waals surface area contributed by atoms with E-state index in [-0.39, 0.29) is 9.76 Å². The van der Waals surface area contributed by atoms with E-state index in [2.05, 4.69) is 58.8 Å². The molecular formula is C16H38N2OSi. The minimum absolute atomic E-state index is 0.362. The molecule has 122 valence electrons. The quantitative estimate of drug-likeness (QED) is 0.515. The lowest BCUT2D eigenvalue weighted by molar-refractivity contribution is 0.222. The fourth-order valence-corrected chi connectivity index (χ4v) is 4.14. The topological polar surface area (TPSA) is 15.7 Å². The smallest absolute Gasteiger partial charge is 0.162 e. The van der Waals surface area contributed by atoms with Gasteiger partial charge in [-0.2, -0.15) is 0 Å². The van der Waals surface area contributed by atoms with Gasteiger partial charge in [-0.05, 0) is 92.3 Å². The Labute approximate surface area is 130 Å². The molecule has 0 spiro atoms. The number of hydrogen-bond donors (Lipinski definition) is 0. The maximum absolute atomic E-state index is 5.91. The van der Waals surface area contributed by atoms with Crippen LogP contribution in [-0.2, 0) is 4.43 Å². The normalized spacial score (nSPS) is 13.5. The fourth-order valence-electron chi connectivity index (χ4n) is 2.56. The lowest BCUT2D eigenvalue weighted by Gasteiger charge is -2.31. The largest absolute Gasteiger partial charge is 0.422 e. The van der Waals surface area contributed by atoms with Gasteiger partial charge in [-0.3, -0.25) is 0 Å². The molecule has 0 aromatic rings. The Kier molecular flexibility index (Phi) is 10.8. The van der Waals surface area contributed by atoms with E-state index < -0.39 is 0 Å². The third kappa shape index (κ3) is 11.9. The van der Waals surface area contributed by atoms with Crippen LogP contribution in [0.3, 0.4) is 0 Å². The standard InChI is InChI=1S/C16H38N2OSi/c1-15(2)19-20-14-16(3,10-8-12-17(4)5)11-9-13-18(6)7/h15H,8-14,20H2,1-7H3. The summed E-state index contributed by atoms with van der Waals surface area (Å²) in [6, 6.07) is 1.33. The van der Waals surface area contributed by atoms with E-state index in [1.165, 1.54) is 44.8 Å². The first-order valence-corrected chi connectivity index (χ1v) is 9.74. The van der Waals surface area contributed by atoms with Crippen LogP contribution in [-0.4, -0.2) is 66.9 Å². The molecule has 0 amide bonds. The zero-order valence-corrected chi connectivity index (χ0v) is 16.5. The van der Waals surface area contributed by atoms with E-state index in [1.54, 1.807) is 0 Å². The average molecular weight is 303 g/mol. The molecule has 0 saturated heterocycles. The molecule has 0 aliphatic rings. The fraction of sp³-hybridized carbons (Fsp3) is 1.00. The minimum Gasteiger partial charge on any atom is -0.422 e. The lowest BCUT2D eigenvalue weighted by atomic mass is 9.82. The van der Waals surface area contributed by atoms with E-state index in [0.717, 1.165) is 0 Å². The van der Waals surface area contributed by atoms with Gasteiger partial charge in [0.25, 0.3) is 0 Å². The van der Waals surface area contributed by atoms with Gasteiger partial charge in [0.15, 0.2) is 9.76 Å². The third-order valence-corrected chi connectivity index (χ3v) is 6.24. The summed E-state index contributed by atoms with van der Waals surface area (Å²) < 4.78 is 5.91. The molecule has 0 heterocycles. The van der Waals surface area contributed by atoms with Gasteiger partial charge in [0.2, 0.25) is 0 Å². The molecule has 0 radical (unpaired) electrons. The summed E-state index contributed by atoms with van der Waals surface area (Å²) >= 11 is 0. The van der Waals surface area contributed by atoms with Gasteiger partial charge in [-0.15, -0.1) is 0 Å². The minimum atomic E-state index is -0.362. The molecule has 0 aliphatic heterocycles. The molecule has 0 unspecified atom stereocenters. The molecule has 0 fully saturated rings. The van der Waals surface area contributed by atoms with Crippen molar-refractivity contribution in [3.63, 3.8) is 0 Å². The Bertz CT molecular complexity index is 196. The number of nitrogens with zero attached hydrogens (tertiary/aromatic N) is 2. The molecule has 4 heteroatoms. The second kappa shape index (κ2) is 10.8. The predicted octanol–water partition coefficient (Wildman–Crippen LogP) is 2.60. The van der Waals surface area contributed by atoms with Crippen molar-refractivity contribution < 1.29 is 4.43 Å². The average Bonchev–Trinajstić information content (AvgIpc) is 2.27. The Morgan fingerprint density at radius 3 is 1.75 bits per heavy atom. The van der Waals surface area contributed by atoms with Crippen LogP contribution in [0.25, 0.3) is 0 Å². The first-order chi connectivity index (χ1) is 9.25. The maximum Gasteiger partial charge on any atom is 0.162 e. The summed E-state index contributed by atoms with van der Waals surface area (Å²) in [6.07, 6.45) is 5.71. The van der Waals surface area contributed by atoms with Gasteiger partial charge in [-0.1, -0.05) is 6.92 Å².